The molecule has 2 aliphatic heterocycles. The van der Waals surface area contributed by atoms with Gasteiger partial charge in [-0.05, 0) is 32.6 Å². The average molecular weight is 442 g/mol. The van der Waals surface area contributed by atoms with Crippen LogP contribution in [0.3, 0.4) is 0 Å². The van der Waals surface area contributed by atoms with Gasteiger partial charge in [0.1, 0.15) is 0 Å². The van der Waals surface area contributed by atoms with E-state index in [0.717, 1.165) is 44.6 Å². The number of carbonyl (C=O) groups is 1. The zero-order chi connectivity index (χ0) is 21.9. The van der Waals surface area contributed by atoms with E-state index in [1.54, 1.807) is 20.1 Å². The first-order valence-electron chi connectivity index (χ1n) is 10.7. The third kappa shape index (κ3) is 5.60. The Labute approximate surface area is 180 Å². The Hall–Kier alpha value is -1.49. The van der Waals surface area contributed by atoms with Crippen molar-refractivity contribution in [2.45, 2.75) is 44.7 Å². The van der Waals surface area contributed by atoms with Crippen LogP contribution in [0.1, 0.15) is 41.7 Å². The SMILES string of the molecule is Cc1nn(C)cc1C(=O)N(C)CCN(C1CCOCC1)C1CCCN(S(C)(=O)=O)C1. The maximum atomic E-state index is 12.9. The summed E-state index contributed by atoms with van der Waals surface area (Å²) in [6, 6.07) is 0.520. The van der Waals surface area contributed by atoms with Gasteiger partial charge in [0.2, 0.25) is 10.0 Å². The molecule has 3 heterocycles. The van der Waals surface area contributed by atoms with Crippen LogP contribution < -0.4 is 0 Å². The Balaban J connectivity index is 1.69. The molecule has 0 spiro atoms. The fourth-order valence-corrected chi connectivity index (χ4v) is 5.46. The molecular weight excluding hydrogens is 406 g/mol. The second kappa shape index (κ2) is 9.76. The number of ether oxygens (including phenoxy) is 1. The Bertz CT molecular complexity index is 834. The number of likely N-dealkylation sites (N-methyl/N-ethyl adjacent to an activating group) is 1. The highest BCUT2D eigenvalue weighted by atomic mass is 32.2. The van der Waals surface area contributed by atoms with Crippen molar-refractivity contribution < 1.29 is 17.9 Å². The van der Waals surface area contributed by atoms with E-state index >= 15 is 0 Å². The van der Waals surface area contributed by atoms with Crippen LogP contribution in [0.25, 0.3) is 0 Å². The first-order valence-corrected chi connectivity index (χ1v) is 12.6. The van der Waals surface area contributed by atoms with E-state index in [-0.39, 0.29) is 11.9 Å². The number of piperidine rings is 1. The van der Waals surface area contributed by atoms with Gasteiger partial charge in [0.15, 0.2) is 0 Å². The van der Waals surface area contributed by atoms with Gasteiger partial charge in [0, 0.05) is 71.8 Å². The third-order valence-electron chi connectivity index (χ3n) is 6.24. The topological polar surface area (TPSA) is 88.0 Å². The number of sulfonamides is 1. The summed E-state index contributed by atoms with van der Waals surface area (Å²) in [5, 5.41) is 4.27. The minimum absolute atomic E-state index is 0.0334. The molecule has 1 unspecified atom stereocenters. The van der Waals surface area contributed by atoms with Crippen molar-refractivity contribution in [3.8, 4) is 0 Å². The van der Waals surface area contributed by atoms with Crippen LogP contribution in [0.4, 0.5) is 0 Å². The van der Waals surface area contributed by atoms with Crippen molar-refractivity contribution in [3.05, 3.63) is 17.5 Å². The summed E-state index contributed by atoms with van der Waals surface area (Å²) in [5.74, 6) is -0.0334. The standard InChI is InChI=1S/C20H35N5O4S/c1-16-19(15-23(3)21-16)20(26)22(2)10-11-25(17-7-12-29-13-8-17)18-6-5-9-24(14-18)30(4,27)28/h15,17-18H,5-14H2,1-4H3. The third-order valence-corrected chi connectivity index (χ3v) is 7.51. The van der Waals surface area contributed by atoms with Gasteiger partial charge in [0.05, 0.1) is 17.5 Å². The van der Waals surface area contributed by atoms with Crippen LogP contribution in [-0.4, -0.2) is 103 Å². The van der Waals surface area contributed by atoms with Crippen molar-refractivity contribution in [1.29, 1.82) is 0 Å². The smallest absolute Gasteiger partial charge is 0.257 e. The van der Waals surface area contributed by atoms with E-state index in [1.165, 1.54) is 6.26 Å². The maximum absolute atomic E-state index is 12.9. The molecule has 1 aromatic heterocycles. The summed E-state index contributed by atoms with van der Waals surface area (Å²) in [7, 11) is 0.435. The number of aryl methyl sites for hydroxylation is 2. The van der Waals surface area contributed by atoms with E-state index in [4.69, 9.17) is 4.74 Å². The van der Waals surface area contributed by atoms with Gasteiger partial charge in [0.25, 0.3) is 5.91 Å². The van der Waals surface area contributed by atoms with Gasteiger partial charge in [-0.3, -0.25) is 14.4 Å². The molecule has 30 heavy (non-hydrogen) atoms. The lowest BCUT2D eigenvalue weighted by molar-refractivity contribution is 0.00319. The quantitative estimate of drug-likeness (QED) is 0.619. The highest BCUT2D eigenvalue weighted by Gasteiger charge is 2.34. The summed E-state index contributed by atoms with van der Waals surface area (Å²) in [6.45, 7) is 5.72. The molecule has 9 nitrogen and oxygen atoms in total. The first kappa shape index (κ1) is 23.2. The Kier molecular flexibility index (Phi) is 7.54. The van der Waals surface area contributed by atoms with Crippen molar-refractivity contribution in [2.24, 2.45) is 7.05 Å². The molecule has 1 aromatic rings. The van der Waals surface area contributed by atoms with Crippen LogP contribution in [0, 0.1) is 6.92 Å². The van der Waals surface area contributed by atoms with Crippen molar-refractivity contribution >= 4 is 15.9 Å². The van der Waals surface area contributed by atoms with Gasteiger partial charge < -0.3 is 9.64 Å². The highest BCUT2D eigenvalue weighted by Crippen LogP contribution is 2.24. The largest absolute Gasteiger partial charge is 0.381 e. The molecule has 1 atom stereocenters. The normalized spacial score (nSPS) is 21.8. The zero-order valence-corrected chi connectivity index (χ0v) is 19.4. The molecule has 0 bridgehead atoms. The zero-order valence-electron chi connectivity index (χ0n) is 18.6. The molecule has 170 valence electrons. The molecule has 2 fully saturated rings. The predicted molar refractivity (Wildman–Crippen MR) is 115 cm³/mol. The number of rotatable bonds is 7. The van der Waals surface area contributed by atoms with Crippen LogP contribution in [-0.2, 0) is 21.8 Å². The van der Waals surface area contributed by atoms with E-state index in [2.05, 4.69) is 10.00 Å². The Morgan fingerprint density at radius 2 is 1.93 bits per heavy atom. The monoisotopic (exact) mass is 441 g/mol. The minimum atomic E-state index is -3.20. The first-order chi connectivity index (χ1) is 14.2. The second-order valence-corrected chi connectivity index (χ2v) is 10.5. The lowest BCUT2D eigenvalue weighted by Gasteiger charge is -2.44. The Morgan fingerprint density at radius 1 is 1.23 bits per heavy atom. The number of nitrogens with zero attached hydrogens (tertiary/aromatic N) is 5. The summed E-state index contributed by atoms with van der Waals surface area (Å²) >= 11 is 0. The summed E-state index contributed by atoms with van der Waals surface area (Å²) in [6.07, 6.45) is 6.76. The van der Waals surface area contributed by atoms with Gasteiger partial charge in [-0.1, -0.05) is 0 Å². The maximum Gasteiger partial charge on any atom is 0.257 e. The number of carbonyl (C=O) groups excluding carboxylic acids is 1. The number of amides is 1. The second-order valence-electron chi connectivity index (χ2n) is 8.53. The van der Waals surface area contributed by atoms with Crippen molar-refractivity contribution in [2.75, 3.05) is 52.7 Å². The summed E-state index contributed by atoms with van der Waals surface area (Å²) < 4.78 is 33.0. The number of hydrogen-bond acceptors (Lipinski definition) is 6. The number of hydrogen-bond donors (Lipinski definition) is 0. The molecule has 2 saturated heterocycles. The fourth-order valence-electron chi connectivity index (χ4n) is 4.56. The van der Waals surface area contributed by atoms with Crippen molar-refractivity contribution in [1.82, 2.24) is 23.9 Å². The van der Waals surface area contributed by atoms with Crippen LogP contribution >= 0.6 is 0 Å². The summed E-state index contributed by atoms with van der Waals surface area (Å²) in [5.41, 5.74) is 1.35. The molecule has 2 aliphatic rings. The van der Waals surface area contributed by atoms with Gasteiger partial charge in [-0.15, -0.1) is 0 Å². The van der Waals surface area contributed by atoms with E-state index < -0.39 is 10.0 Å². The average Bonchev–Trinajstić information content (AvgIpc) is 3.05. The van der Waals surface area contributed by atoms with Gasteiger partial charge in [-0.25, -0.2) is 12.7 Å². The van der Waals surface area contributed by atoms with Gasteiger partial charge in [-0.2, -0.15) is 5.10 Å². The molecule has 0 N–H and O–H groups in total. The highest BCUT2D eigenvalue weighted by molar-refractivity contribution is 7.88. The van der Waals surface area contributed by atoms with E-state index in [1.807, 2.05) is 21.0 Å². The van der Waals surface area contributed by atoms with Gasteiger partial charge >= 0.3 is 0 Å². The molecule has 0 aliphatic carbocycles. The predicted octanol–water partition coefficient (Wildman–Crippen LogP) is 0.706. The fraction of sp³-hybridized carbons (Fsp3) is 0.800. The van der Waals surface area contributed by atoms with Crippen LogP contribution in [0.2, 0.25) is 0 Å². The minimum Gasteiger partial charge on any atom is -0.381 e. The molecule has 10 heteroatoms. The van der Waals surface area contributed by atoms with Crippen LogP contribution in [0.15, 0.2) is 6.20 Å². The van der Waals surface area contributed by atoms with Crippen LogP contribution in [0.5, 0.6) is 0 Å². The van der Waals surface area contributed by atoms with E-state index in [9.17, 15) is 13.2 Å². The Morgan fingerprint density at radius 3 is 2.53 bits per heavy atom. The molecule has 0 aromatic carbocycles. The summed E-state index contributed by atoms with van der Waals surface area (Å²) in [4.78, 5) is 17.0. The molecular formula is C20H35N5O4S. The molecule has 1 amide bonds. The molecule has 0 saturated carbocycles. The van der Waals surface area contributed by atoms with E-state index in [0.29, 0.717) is 37.8 Å². The number of aromatic nitrogens is 2. The lowest BCUT2D eigenvalue weighted by atomic mass is 9.99. The lowest BCUT2D eigenvalue weighted by Crippen LogP contribution is -2.55. The molecule has 0 radical (unpaired) electrons. The van der Waals surface area contributed by atoms with Crippen molar-refractivity contribution in [3.63, 3.8) is 0 Å². The molecule has 3 rings (SSSR count).